The van der Waals surface area contributed by atoms with Gasteiger partial charge >= 0.3 is 0 Å². The number of nitrogens with one attached hydrogen (secondary N) is 2. The Hall–Kier alpha value is -2.95. The van der Waals surface area contributed by atoms with E-state index in [0.29, 0.717) is 24.8 Å². The molecule has 10 heteroatoms. The number of imidazole rings is 1. The minimum absolute atomic E-state index is 0.442. The number of hydrogen-bond acceptors (Lipinski definition) is 6. The molecule has 0 bridgehead atoms. The number of amides is 1. The summed E-state index contributed by atoms with van der Waals surface area (Å²) in [6, 6.07) is 8.01. The van der Waals surface area contributed by atoms with E-state index in [4.69, 9.17) is 9.54 Å². The van der Waals surface area contributed by atoms with E-state index < -0.39 is 16.0 Å². The second-order valence-corrected chi connectivity index (χ2v) is 9.08. The maximum atomic E-state index is 12.3. The van der Waals surface area contributed by atoms with E-state index in [-0.39, 0.29) is 0 Å². The molecule has 1 aromatic carbocycles. The third-order valence-corrected chi connectivity index (χ3v) is 5.24. The molecule has 0 radical (unpaired) electrons. The molecule has 0 fully saturated rings. The first-order chi connectivity index (χ1) is 14.9. The molecule has 32 heavy (non-hydrogen) atoms. The van der Waals surface area contributed by atoms with E-state index >= 15 is 0 Å². The first-order valence-corrected chi connectivity index (χ1v) is 11.9. The molecule has 0 unspecified atom stereocenters. The number of nitrogens with zero attached hydrogens (tertiary/aromatic N) is 2. The van der Waals surface area contributed by atoms with Gasteiger partial charge in [0.2, 0.25) is 0 Å². The zero-order valence-electron chi connectivity index (χ0n) is 19.1. The summed E-state index contributed by atoms with van der Waals surface area (Å²) in [5.41, 5.74) is 10.2. The lowest BCUT2D eigenvalue weighted by Crippen LogP contribution is -2.22. The minimum Gasteiger partial charge on any atom is -0.378 e. The lowest BCUT2D eigenvalue weighted by Gasteiger charge is -2.17. The van der Waals surface area contributed by atoms with Crippen molar-refractivity contribution in [3.8, 4) is 0 Å². The zero-order valence-corrected chi connectivity index (χ0v) is 20.0. The second-order valence-electron chi connectivity index (χ2n) is 7.61. The summed E-state index contributed by atoms with van der Waals surface area (Å²) in [4.78, 5) is 17.0. The molecule has 0 spiro atoms. The number of carbonyl (C=O) groups is 1. The van der Waals surface area contributed by atoms with Gasteiger partial charge in [-0.3, -0.25) is 19.0 Å². The van der Waals surface area contributed by atoms with E-state index in [2.05, 4.69) is 31.3 Å². The van der Waals surface area contributed by atoms with Gasteiger partial charge in [0.15, 0.2) is 5.65 Å². The molecule has 0 aliphatic heterocycles. The van der Waals surface area contributed by atoms with Gasteiger partial charge in [-0.05, 0) is 56.9 Å². The summed E-state index contributed by atoms with van der Waals surface area (Å²) >= 11 is 0. The van der Waals surface area contributed by atoms with Gasteiger partial charge in [0, 0.05) is 17.9 Å². The van der Waals surface area contributed by atoms with Crippen LogP contribution in [-0.4, -0.2) is 39.7 Å². The van der Waals surface area contributed by atoms with Crippen LogP contribution in [0.15, 0.2) is 24.3 Å². The number of pyridine rings is 1. The maximum absolute atomic E-state index is 12.3. The van der Waals surface area contributed by atoms with Crippen LogP contribution in [-0.2, 0) is 23.1 Å². The van der Waals surface area contributed by atoms with Crippen molar-refractivity contribution >= 4 is 27.4 Å². The van der Waals surface area contributed by atoms with E-state index in [1.54, 1.807) is 11.5 Å². The molecule has 9 nitrogen and oxygen atoms in total. The Morgan fingerprint density at radius 2 is 1.72 bits per heavy atom. The largest absolute Gasteiger partial charge is 0.378 e. The Morgan fingerprint density at radius 3 is 2.22 bits per heavy atom. The summed E-state index contributed by atoms with van der Waals surface area (Å²) in [6.45, 7) is 10.8. The molecule has 0 saturated carbocycles. The van der Waals surface area contributed by atoms with Gasteiger partial charge in [0.1, 0.15) is 0 Å². The number of anilines is 1. The third kappa shape index (κ3) is 5.84. The van der Waals surface area contributed by atoms with E-state index in [1.165, 1.54) is 16.7 Å². The highest BCUT2D eigenvalue weighted by Crippen LogP contribution is 2.27. The van der Waals surface area contributed by atoms with Gasteiger partial charge in [-0.2, -0.15) is 8.42 Å². The van der Waals surface area contributed by atoms with Gasteiger partial charge in [-0.15, -0.1) is 0 Å². The second kappa shape index (κ2) is 10.1. The average Bonchev–Trinajstić information content (AvgIpc) is 3.00. The quantitative estimate of drug-likeness (QED) is 0.259. The number of aromatic nitrogens is 2. The molecule has 4 N–H and O–H groups in total. The van der Waals surface area contributed by atoms with E-state index in [0.717, 1.165) is 28.4 Å². The van der Waals surface area contributed by atoms with Crippen LogP contribution in [0.4, 0.5) is 5.69 Å². The Labute approximate surface area is 188 Å². The standard InChI is InChI=1S/C21H26N4O2.CH4O3S/c1-6-19-16(21(26)24-27)10-18(20-23-14(4)15(5)25(19)20)22-11-17-12(2)8-7-9-13(17)3;1-5(2,3)4/h7-10,22,27H,6,11H2,1-5H3,(H,24,26);1H3,(H,2,3,4). The monoisotopic (exact) mass is 462 g/mol. The lowest BCUT2D eigenvalue weighted by molar-refractivity contribution is 0.0704. The molecule has 0 aliphatic carbocycles. The van der Waals surface area contributed by atoms with Crippen molar-refractivity contribution in [3.63, 3.8) is 0 Å². The van der Waals surface area contributed by atoms with Crippen molar-refractivity contribution in [1.82, 2.24) is 14.9 Å². The van der Waals surface area contributed by atoms with Crippen LogP contribution < -0.4 is 10.8 Å². The molecular weight excluding hydrogens is 432 g/mol. The van der Waals surface area contributed by atoms with Crippen LogP contribution in [0.5, 0.6) is 0 Å². The molecule has 3 aromatic rings. The lowest BCUT2D eigenvalue weighted by atomic mass is 10.0. The van der Waals surface area contributed by atoms with Crippen LogP contribution in [0.1, 0.15) is 51.1 Å². The van der Waals surface area contributed by atoms with Gasteiger partial charge in [-0.1, -0.05) is 25.1 Å². The highest BCUT2D eigenvalue weighted by Gasteiger charge is 2.20. The number of hydrogen-bond donors (Lipinski definition) is 4. The fourth-order valence-electron chi connectivity index (χ4n) is 3.58. The number of benzene rings is 1. The normalized spacial score (nSPS) is 11.1. The van der Waals surface area contributed by atoms with Crippen molar-refractivity contribution < 1.29 is 23.0 Å². The SMILES string of the molecule is CCc1c(C(=O)NO)cc(NCc2c(C)cccc2C)c2nc(C)c(C)n12.CS(=O)(=O)O. The van der Waals surface area contributed by atoms with Crippen molar-refractivity contribution in [2.75, 3.05) is 11.6 Å². The summed E-state index contributed by atoms with van der Waals surface area (Å²) in [5, 5.41) is 12.6. The third-order valence-electron chi connectivity index (χ3n) is 5.24. The smallest absolute Gasteiger partial charge is 0.276 e. The molecule has 0 atom stereocenters. The molecule has 2 aromatic heterocycles. The van der Waals surface area contributed by atoms with Crippen molar-refractivity contribution in [2.24, 2.45) is 0 Å². The van der Waals surface area contributed by atoms with Gasteiger partial charge in [-0.25, -0.2) is 10.5 Å². The molecule has 0 saturated heterocycles. The highest BCUT2D eigenvalue weighted by molar-refractivity contribution is 7.85. The summed E-state index contributed by atoms with van der Waals surface area (Å²) < 4.78 is 27.9. The molecule has 2 heterocycles. The molecule has 174 valence electrons. The number of hydroxylamine groups is 1. The van der Waals surface area contributed by atoms with Crippen molar-refractivity contribution in [1.29, 1.82) is 0 Å². The fraction of sp³-hybridized carbons (Fsp3) is 0.364. The summed E-state index contributed by atoms with van der Waals surface area (Å²) in [5.74, 6) is -0.519. The Balaban J connectivity index is 0.000000654. The maximum Gasteiger partial charge on any atom is 0.276 e. The van der Waals surface area contributed by atoms with E-state index in [9.17, 15) is 18.4 Å². The summed E-state index contributed by atoms with van der Waals surface area (Å²) in [7, 11) is -3.67. The molecule has 1 amide bonds. The number of fused-ring (bicyclic) bond motifs is 1. The van der Waals surface area contributed by atoms with Gasteiger partial charge in [0.25, 0.3) is 16.0 Å². The number of rotatable bonds is 5. The first-order valence-electron chi connectivity index (χ1n) is 10.1. The Bertz CT molecular complexity index is 1220. The minimum atomic E-state index is -3.67. The van der Waals surface area contributed by atoms with Crippen LogP contribution in [0.25, 0.3) is 5.65 Å². The first kappa shape index (κ1) is 25.3. The molecule has 0 aliphatic rings. The van der Waals surface area contributed by atoms with Crippen molar-refractivity contribution in [2.45, 2.75) is 47.6 Å². The van der Waals surface area contributed by atoms with Crippen LogP contribution in [0, 0.1) is 27.7 Å². The predicted molar refractivity (Wildman–Crippen MR) is 124 cm³/mol. The Kier molecular flexibility index (Phi) is 8.00. The Morgan fingerprint density at radius 1 is 1.16 bits per heavy atom. The number of aryl methyl sites for hydroxylation is 5. The van der Waals surface area contributed by atoms with Crippen LogP contribution in [0.2, 0.25) is 0 Å². The number of carbonyl (C=O) groups excluding carboxylic acids is 1. The fourth-order valence-corrected chi connectivity index (χ4v) is 3.58. The highest BCUT2D eigenvalue weighted by atomic mass is 32.2. The van der Waals surface area contributed by atoms with Crippen LogP contribution in [0.3, 0.4) is 0 Å². The van der Waals surface area contributed by atoms with Crippen LogP contribution >= 0.6 is 0 Å². The summed E-state index contributed by atoms with van der Waals surface area (Å²) in [6.07, 6.45) is 1.36. The molecular formula is C22H30N4O5S. The van der Waals surface area contributed by atoms with Gasteiger partial charge < -0.3 is 5.32 Å². The van der Waals surface area contributed by atoms with E-state index in [1.807, 2.05) is 31.2 Å². The predicted octanol–water partition coefficient (Wildman–Crippen LogP) is 3.37. The molecule has 3 rings (SSSR count). The topological polar surface area (TPSA) is 133 Å². The van der Waals surface area contributed by atoms with Crippen molar-refractivity contribution in [3.05, 3.63) is 63.6 Å². The average molecular weight is 463 g/mol. The zero-order chi connectivity index (χ0) is 24.2. The van der Waals surface area contributed by atoms with Gasteiger partial charge in [0.05, 0.1) is 23.2 Å².